The highest BCUT2D eigenvalue weighted by Crippen LogP contribution is 2.38. The van der Waals surface area contributed by atoms with E-state index in [1.165, 1.54) is 45.8 Å². The van der Waals surface area contributed by atoms with E-state index in [9.17, 15) is 4.79 Å². The van der Waals surface area contributed by atoms with Gasteiger partial charge in [0.25, 0.3) is 0 Å². The van der Waals surface area contributed by atoms with E-state index in [1.54, 1.807) is 0 Å². The Morgan fingerprint density at radius 2 is 2.10 bits per heavy atom. The van der Waals surface area contributed by atoms with E-state index in [4.69, 9.17) is 4.74 Å². The van der Waals surface area contributed by atoms with Crippen molar-refractivity contribution in [1.82, 2.24) is 10.2 Å². The summed E-state index contributed by atoms with van der Waals surface area (Å²) in [5, 5.41) is 3.34. The van der Waals surface area contributed by atoms with E-state index in [1.807, 2.05) is 13.8 Å². The smallest absolute Gasteiger partial charge is 0.325 e. The van der Waals surface area contributed by atoms with Gasteiger partial charge in [0.15, 0.2) is 0 Å². The predicted molar refractivity (Wildman–Crippen MR) is 85.2 cm³/mol. The van der Waals surface area contributed by atoms with E-state index in [2.05, 4.69) is 17.1 Å². The van der Waals surface area contributed by atoms with Crippen LogP contribution in [0.2, 0.25) is 0 Å². The average Bonchev–Trinajstić information content (AvgIpc) is 2.94. The summed E-state index contributed by atoms with van der Waals surface area (Å²) in [7, 11) is 1.48. The van der Waals surface area contributed by atoms with Crippen LogP contribution >= 0.6 is 0 Å². The zero-order chi connectivity index (χ0) is 15.5. The lowest BCUT2D eigenvalue weighted by Gasteiger charge is -2.44. The highest BCUT2D eigenvalue weighted by Gasteiger charge is 2.41. The molecule has 4 heteroatoms. The number of ether oxygens (including phenoxy) is 1. The lowest BCUT2D eigenvalue weighted by Crippen LogP contribution is -2.56. The summed E-state index contributed by atoms with van der Waals surface area (Å²) in [6, 6.07) is 1.16. The van der Waals surface area contributed by atoms with Gasteiger partial charge < -0.3 is 10.1 Å². The van der Waals surface area contributed by atoms with Gasteiger partial charge in [0.2, 0.25) is 0 Å². The first-order valence-electron chi connectivity index (χ1n) is 8.61. The quantitative estimate of drug-likeness (QED) is 0.765. The van der Waals surface area contributed by atoms with Crippen LogP contribution < -0.4 is 5.32 Å². The molecule has 0 spiro atoms. The average molecular weight is 296 g/mol. The second kappa shape index (κ2) is 7.10. The molecular formula is C17H32N2O2. The van der Waals surface area contributed by atoms with Crippen molar-refractivity contribution in [2.75, 3.05) is 20.2 Å². The molecule has 1 saturated carbocycles. The maximum Gasteiger partial charge on any atom is 0.325 e. The Hall–Kier alpha value is -0.610. The predicted octanol–water partition coefficient (Wildman–Crippen LogP) is 2.57. The molecule has 122 valence electrons. The number of esters is 1. The van der Waals surface area contributed by atoms with Crippen LogP contribution in [0.25, 0.3) is 0 Å². The molecule has 1 N–H and O–H groups in total. The first-order chi connectivity index (χ1) is 10.0. The van der Waals surface area contributed by atoms with Gasteiger partial charge in [-0.15, -0.1) is 0 Å². The number of piperidine rings is 1. The lowest BCUT2D eigenvalue weighted by molar-refractivity contribution is -0.149. The van der Waals surface area contributed by atoms with Crippen LogP contribution in [0.15, 0.2) is 0 Å². The number of hydrogen-bond donors (Lipinski definition) is 1. The van der Waals surface area contributed by atoms with Crippen molar-refractivity contribution in [2.45, 2.75) is 76.9 Å². The van der Waals surface area contributed by atoms with Crippen molar-refractivity contribution in [1.29, 1.82) is 0 Å². The van der Waals surface area contributed by atoms with Crippen molar-refractivity contribution in [3.63, 3.8) is 0 Å². The van der Waals surface area contributed by atoms with Gasteiger partial charge in [-0.3, -0.25) is 9.69 Å². The molecule has 0 radical (unpaired) electrons. The van der Waals surface area contributed by atoms with Crippen molar-refractivity contribution in [3.05, 3.63) is 0 Å². The van der Waals surface area contributed by atoms with E-state index >= 15 is 0 Å². The molecular weight excluding hydrogens is 264 g/mol. The molecule has 4 nitrogen and oxygen atoms in total. The molecule has 2 fully saturated rings. The monoisotopic (exact) mass is 296 g/mol. The number of nitrogens with one attached hydrogen (secondary N) is 1. The van der Waals surface area contributed by atoms with Gasteiger partial charge in [-0.2, -0.15) is 0 Å². The van der Waals surface area contributed by atoms with Crippen LogP contribution in [0.5, 0.6) is 0 Å². The van der Waals surface area contributed by atoms with E-state index in [-0.39, 0.29) is 5.97 Å². The van der Waals surface area contributed by atoms with Gasteiger partial charge in [-0.05, 0) is 65.0 Å². The number of likely N-dealkylation sites (N-methyl/N-ethyl adjacent to an activating group) is 1. The van der Waals surface area contributed by atoms with Gasteiger partial charge in [0.05, 0.1) is 7.11 Å². The molecule has 2 aliphatic rings. The fourth-order valence-electron chi connectivity index (χ4n) is 4.59. The summed E-state index contributed by atoms with van der Waals surface area (Å²) < 4.78 is 5.02. The SMILES string of the molecule is CCNC(C)(CC(C)N1CCCC2CCCC21)C(=O)OC. The molecule has 1 heterocycles. The van der Waals surface area contributed by atoms with Gasteiger partial charge in [-0.1, -0.05) is 13.3 Å². The minimum Gasteiger partial charge on any atom is -0.468 e. The van der Waals surface area contributed by atoms with E-state index in [0.717, 1.165) is 24.9 Å². The van der Waals surface area contributed by atoms with E-state index in [0.29, 0.717) is 6.04 Å². The highest BCUT2D eigenvalue weighted by molar-refractivity contribution is 5.80. The Labute approximate surface area is 129 Å². The number of fused-ring (bicyclic) bond motifs is 1. The molecule has 0 aromatic heterocycles. The first kappa shape index (κ1) is 16.8. The summed E-state index contributed by atoms with van der Waals surface area (Å²) in [6.07, 6.45) is 7.63. The molecule has 0 aromatic rings. The second-order valence-electron chi connectivity index (χ2n) is 7.05. The maximum atomic E-state index is 12.2. The number of carbonyl (C=O) groups is 1. The summed E-state index contributed by atoms with van der Waals surface area (Å²) in [5.74, 6) is 0.751. The zero-order valence-corrected chi connectivity index (χ0v) is 14.2. The Morgan fingerprint density at radius 3 is 2.76 bits per heavy atom. The molecule has 4 unspecified atom stereocenters. The molecule has 0 aromatic carbocycles. The van der Waals surface area contributed by atoms with Crippen LogP contribution in [0.1, 0.15) is 59.3 Å². The van der Waals surface area contributed by atoms with Crippen LogP contribution in [-0.4, -0.2) is 48.7 Å². The molecule has 0 amide bonds. The molecule has 0 bridgehead atoms. The number of nitrogens with zero attached hydrogens (tertiary/aromatic N) is 1. The minimum absolute atomic E-state index is 0.142. The lowest BCUT2D eigenvalue weighted by atomic mass is 9.87. The fourth-order valence-corrected chi connectivity index (χ4v) is 4.59. The summed E-state index contributed by atoms with van der Waals surface area (Å²) in [6.45, 7) is 8.27. The van der Waals surface area contributed by atoms with Crippen molar-refractivity contribution in [2.24, 2.45) is 5.92 Å². The third-order valence-electron chi connectivity index (χ3n) is 5.51. The third-order valence-corrected chi connectivity index (χ3v) is 5.51. The van der Waals surface area contributed by atoms with Crippen molar-refractivity contribution >= 4 is 5.97 Å². The van der Waals surface area contributed by atoms with Gasteiger partial charge in [0.1, 0.15) is 5.54 Å². The molecule has 21 heavy (non-hydrogen) atoms. The standard InChI is InChI=1S/C17H32N2O2/c1-5-18-17(3,16(20)21-4)12-13(2)19-11-7-9-14-8-6-10-15(14)19/h13-15,18H,5-12H2,1-4H3. The van der Waals surface area contributed by atoms with E-state index < -0.39 is 5.54 Å². The second-order valence-corrected chi connectivity index (χ2v) is 7.05. The molecule has 1 aliphatic heterocycles. The Morgan fingerprint density at radius 1 is 1.38 bits per heavy atom. The number of hydrogen-bond acceptors (Lipinski definition) is 4. The van der Waals surface area contributed by atoms with Gasteiger partial charge in [0, 0.05) is 12.1 Å². The fraction of sp³-hybridized carbons (Fsp3) is 0.941. The normalized spacial score (nSPS) is 30.5. The number of rotatable bonds is 6. The molecule has 2 rings (SSSR count). The third kappa shape index (κ3) is 3.59. The molecule has 1 saturated heterocycles. The summed E-state index contributed by atoms with van der Waals surface area (Å²) in [5.41, 5.74) is -0.575. The topological polar surface area (TPSA) is 41.6 Å². The number of likely N-dealkylation sites (tertiary alicyclic amines) is 1. The molecule has 1 aliphatic carbocycles. The summed E-state index contributed by atoms with van der Waals surface area (Å²) in [4.78, 5) is 14.8. The van der Waals surface area contributed by atoms with Crippen molar-refractivity contribution in [3.8, 4) is 0 Å². The van der Waals surface area contributed by atoms with Crippen LogP contribution in [0, 0.1) is 5.92 Å². The van der Waals surface area contributed by atoms with Crippen molar-refractivity contribution < 1.29 is 9.53 Å². The largest absolute Gasteiger partial charge is 0.468 e. The zero-order valence-electron chi connectivity index (χ0n) is 14.2. The Balaban J connectivity index is 2.04. The first-order valence-corrected chi connectivity index (χ1v) is 8.61. The van der Waals surface area contributed by atoms with Crippen LogP contribution in [0.3, 0.4) is 0 Å². The highest BCUT2D eigenvalue weighted by atomic mass is 16.5. The summed E-state index contributed by atoms with van der Waals surface area (Å²) >= 11 is 0. The number of carbonyl (C=O) groups excluding carboxylic acids is 1. The maximum absolute atomic E-state index is 12.2. The Kier molecular flexibility index (Phi) is 5.67. The van der Waals surface area contributed by atoms with Gasteiger partial charge >= 0.3 is 5.97 Å². The van der Waals surface area contributed by atoms with Gasteiger partial charge in [-0.25, -0.2) is 0 Å². The number of methoxy groups -OCH3 is 1. The molecule has 4 atom stereocenters. The minimum atomic E-state index is -0.575. The van der Waals surface area contributed by atoms with Crippen LogP contribution in [-0.2, 0) is 9.53 Å². The Bertz CT molecular complexity index is 361. The van der Waals surface area contributed by atoms with Crippen LogP contribution in [0.4, 0.5) is 0 Å².